The third kappa shape index (κ3) is 4.19. The van der Waals surface area contributed by atoms with E-state index in [0.29, 0.717) is 5.75 Å². The van der Waals surface area contributed by atoms with Crippen LogP contribution in [0.25, 0.3) is 5.57 Å². The standard InChI is InChI=1S/C19H19F2NO2/c1-13(16-6-4-5-7-18(16)24-3)10-19(23)22(2)12-14-8-9-15(20)11-17(14)21/h4-11H,12H2,1-3H3. The molecule has 126 valence electrons. The fourth-order valence-corrected chi connectivity index (χ4v) is 2.33. The van der Waals surface area contributed by atoms with Crippen molar-refractivity contribution in [2.75, 3.05) is 14.2 Å². The molecule has 5 heteroatoms. The summed E-state index contributed by atoms with van der Waals surface area (Å²) in [5.74, 6) is -0.911. The van der Waals surface area contributed by atoms with Gasteiger partial charge in [-0.15, -0.1) is 0 Å². The number of nitrogens with zero attached hydrogens (tertiary/aromatic N) is 1. The van der Waals surface area contributed by atoms with Gasteiger partial charge in [0.05, 0.1) is 7.11 Å². The minimum atomic E-state index is -0.667. The largest absolute Gasteiger partial charge is 0.496 e. The van der Waals surface area contributed by atoms with Gasteiger partial charge in [0.25, 0.3) is 0 Å². The zero-order valence-corrected chi connectivity index (χ0v) is 13.8. The van der Waals surface area contributed by atoms with Gasteiger partial charge in [0, 0.05) is 36.9 Å². The minimum Gasteiger partial charge on any atom is -0.496 e. The smallest absolute Gasteiger partial charge is 0.246 e. The number of carbonyl (C=O) groups is 1. The second-order valence-electron chi connectivity index (χ2n) is 5.46. The van der Waals surface area contributed by atoms with Crippen molar-refractivity contribution in [2.24, 2.45) is 0 Å². The van der Waals surface area contributed by atoms with Crippen molar-refractivity contribution >= 4 is 11.5 Å². The number of hydrogen-bond acceptors (Lipinski definition) is 2. The van der Waals surface area contributed by atoms with E-state index in [4.69, 9.17) is 4.74 Å². The molecule has 0 bridgehead atoms. The average molecular weight is 331 g/mol. The molecule has 0 saturated heterocycles. The maximum absolute atomic E-state index is 13.7. The number of carbonyl (C=O) groups excluding carboxylic acids is 1. The molecule has 0 aromatic heterocycles. The van der Waals surface area contributed by atoms with Gasteiger partial charge in [-0.1, -0.05) is 24.3 Å². The highest BCUT2D eigenvalue weighted by molar-refractivity contribution is 5.95. The summed E-state index contributed by atoms with van der Waals surface area (Å²) in [4.78, 5) is 13.7. The first kappa shape index (κ1) is 17.7. The number of benzene rings is 2. The van der Waals surface area contributed by atoms with Gasteiger partial charge in [-0.3, -0.25) is 4.79 Å². The fraction of sp³-hybridized carbons (Fsp3) is 0.211. The maximum atomic E-state index is 13.7. The third-order valence-electron chi connectivity index (χ3n) is 3.67. The van der Waals surface area contributed by atoms with Gasteiger partial charge in [0.15, 0.2) is 0 Å². The Labute approximate surface area is 140 Å². The molecular weight excluding hydrogens is 312 g/mol. The predicted octanol–water partition coefficient (Wildman–Crippen LogP) is 4.04. The number of methoxy groups -OCH3 is 1. The molecule has 24 heavy (non-hydrogen) atoms. The molecular formula is C19H19F2NO2. The van der Waals surface area contributed by atoms with Crippen LogP contribution in [-0.4, -0.2) is 25.0 Å². The van der Waals surface area contributed by atoms with Gasteiger partial charge in [-0.2, -0.15) is 0 Å². The molecule has 0 aliphatic heterocycles. The minimum absolute atomic E-state index is 0.0562. The number of para-hydroxylation sites is 1. The van der Waals surface area contributed by atoms with Crippen LogP contribution in [0.15, 0.2) is 48.5 Å². The quantitative estimate of drug-likeness (QED) is 0.774. The van der Waals surface area contributed by atoms with Gasteiger partial charge in [0.2, 0.25) is 5.91 Å². The van der Waals surface area contributed by atoms with E-state index in [1.165, 1.54) is 23.1 Å². The number of hydrogen-bond donors (Lipinski definition) is 0. The lowest BCUT2D eigenvalue weighted by Crippen LogP contribution is -2.25. The van der Waals surface area contributed by atoms with Gasteiger partial charge >= 0.3 is 0 Å². The van der Waals surface area contributed by atoms with Crippen LogP contribution in [0, 0.1) is 11.6 Å². The van der Waals surface area contributed by atoms with Crippen molar-refractivity contribution in [2.45, 2.75) is 13.5 Å². The molecule has 0 aliphatic rings. The van der Waals surface area contributed by atoms with Gasteiger partial charge < -0.3 is 9.64 Å². The molecule has 0 atom stereocenters. The second kappa shape index (κ2) is 7.73. The van der Waals surface area contributed by atoms with E-state index in [2.05, 4.69) is 0 Å². The monoisotopic (exact) mass is 331 g/mol. The molecule has 0 spiro atoms. The topological polar surface area (TPSA) is 29.5 Å². The first-order valence-electron chi connectivity index (χ1n) is 7.43. The predicted molar refractivity (Wildman–Crippen MR) is 89.5 cm³/mol. The number of halogens is 2. The van der Waals surface area contributed by atoms with Gasteiger partial charge in [-0.05, 0) is 24.6 Å². The Morgan fingerprint density at radius 2 is 1.92 bits per heavy atom. The summed E-state index contributed by atoms with van der Waals surface area (Å²) in [6, 6.07) is 10.7. The van der Waals surface area contributed by atoms with Crippen LogP contribution in [0.4, 0.5) is 8.78 Å². The molecule has 0 aliphatic carbocycles. The summed E-state index contributed by atoms with van der Waals surface area (Å²) in [6.07, 6.45) is 1.47. The van der Waals surface area contributed by atoms with Crippen molar-refractivity contribution in [3.05, 3.63) is 71.3 Å². The molecule has 0 N–H and O–H groups in total. The number of rotatable bonds is 5. The first-order valence-corrected chi connectivity index (χ1v) is 7.43. The Morgan fingerprint density at radius 1 is 1.21 bits per heavy atom. The Bertz CT molecular complexity index is 772. The maximum Gasteiger partial charge on any atom is 0.246 e. The van der Waals surface area contributed by atoms with Crippen LogP contribution in [-0.2, 0) is 11.3 Å². The number of allylic oxidation sites excluding steroid dienone is 1. The first-order chi connectivity index (χ1) is 11.4. The molecule has 3 nitrogen and oxygen atoms in total. The number of ether oxygens (including phenoxy) is 1. The fourth-order valence-electron chi connectivity index (χ4n) is 2.33. The van der Waals surface area contributed by atoms with E-state index >= 15 is 0 Å². The lowest BCUT2D eigenvalue weighted by atomic mass is 10.1. The van der Waals surface area contributed by atoms with Gasteiger partial charge in [-0.25, -0.2) is 8.78 Å². The average Bonchev–Trinajstić information content (AvgIpc) is 2.57. The van der Waals surface area contributed by atoms with Crippen molar-refractivity contribution in [3.63, 3.8) is 0 Å². The lowest BCUT2D eigenvalue weighted by Gasteiger charge is -2.17. The van der Waals surface area contributed by atoms with E-state index in [1.807, 2.05) is 31.2 Å². The molecule has 2 aromatic rings. The highest BCUT2D eigenvalue weighted by Gasteiger charge is 2.12. The van der Waals surface area contributed by atoms with Crippen LogP contribution in [0.3, 0.4) is 0 Å². The zero-order valence-electron chi connectivity index (χ0n) is 13.8. The molecule has 0 unspecified atom stereocenters. The van der Waals surface area contributed by atoms with E-state index in [1.54, 1.807) is 14.2 Å². The Hall–Kier alpha value is -2.69. The van der Waals surface area contributed by atoms with Gasteiger partial charge in [0.1, 0.15) is 17.4 Å². The van der Waals surface area contributed by atoms with E-state index in [9.17, 15) is 13.6 Å². The Morgan fingerprint density at radius 3 is 2.58 bits per heavy atom. The highest BCUT2D eigenvalue weighted by atomic mass is 19.1. The Kier molecular flexibility index (Phi) is 5.68. The summed E-state index contributed by atoms with van der Waals surface area (Å²) in [5.41, 5.74) is 1.81. The molecule has 0 radical (unpaired) electrons. The lowest BCUT2D eigenvalue weighted by molar-refractivity contribution is -0.125. The summed E-state index contributed by atoms with van der Waals surface area (Å²) in [7, 11) is 3.13. The molecule has 0 saturated carbocycles. The van der Waals surface area contributed by atoms with Crippen LogP contribution >= 0.6 is 0 Å². The summed E-state index contributed by atoms with van der Waals surface area (Å²) >= 11 is 0. The second-order valence-corrected chi connectivity index (χ2v) is 5.46. The molecule has 2 aromatic carbocycles. The normalized spacial score (nSPS) is 11.3. The molecule has 2 rings (SSSR count). The number of likely N-dealkylation sites (N-methyl/N-ethyl adjacent to an activating group) is 1. The van der Waals surface area contributed by atoms with E-state index in [-0.39, 0.29) is 18.0 Å². The summed E-state index contributed by atoms with van der Waals surface area (Å²) in [5, 5.41) is 0. The van der Waals surface area contributed by atoms with Crippen molar-refractivity contribution < 1.29 is 18.3 Å². The van der Waals surface area contributed by atoms with Crippen molar-refractivity contribution in [1.29, 1.82) is 0 Å². The summed E-state index contributed by atoms with van der Waals surface area (Å²) < 4.78 is 31.9. The number of amides is 1. The SMILES string of the molecule is COc1ccccc1C(C)=CC(=O)N(C)Cc1ccc(F)cc1F. The molecule has 0 heterocycles. The van der Waals surface area contributed by atoms with E-state index in [0.717, 1.165) is 17.2 Å². The van der Waals surface area contributed by atoms with E-state index < -0.39 is 11.6 Å². The van der Waals surface area contributed by atoms with Crippen LogP contribution in [0.1, 0.15) is 18.1 Å². The van der Waals surface area contributed by atoms with Crippen LogP contribution in [0.5, 0.6) is 5.75 Å². The Balaban J connectivity index is 2.15. The van der Waals surface area contributed by atoms with Crippen LogP contribution < -0.4 is 4.74 Å². The van der Waals surface area contributed by atoms with Crippen LogP contribution in [0.2, 0.25) is 0 Å². The summed E-state index contributed by atoms with van der Waals surface area (Å²) in [6.45, 7) is 1.86. The molecule has 0 fully saturated rings. The highest BCUT2D eigenvalue weighted by Crippen LogP contribution is 2.25. The molecule has 1 amide bonds. The third-order valence-corrected chi connectivity index (χ3v) is 3.67. The zero-order chi connectivity index (χ0) is 17.7. The van der Waals surface area contributed by atoms with Crippen molar-refractivity contribution in [3.8, 4) is 5.75 Å². The van der Waals surface area contributed by atoms with Crippen molar-refractivity contribution in [1.82, 2.24) is 4.90 Å².